The van der Waals surface area contributed by atoms with Crippen LogP contribution in [0, 0.1) is 0 Å². The third-order valence-corrected chi connectivity index (χ3v) is 5.23. The van der Waals surface area contributed by atoms with Crippen LogP contribution in [0.15, 0.2) is 60.7 Å². The Morgan fingerprint density at radius 1 is 0.781 bits per heavy atom. The molecule has 0 aliphatic carbocycles. The van der Waals surface area contributed by atoms with Gasteiger partial charge in [-0.15, -0.1) is 0 Å². The zero-order chi connectivity index (χ0) is 22.7. The highest BCUT2D eigenvalue weighted by molar-refractivity contribution is 5.67. The molecule has 0 aliphatic rings. The minimum Gasteiger partial charge on any atom is -0.445 e. The lowest BCUT2D eigenvalue weighted by Gasteiger charge is -2.22. The van der Waals surface area contributed by atoms with Gasteiger partial charge in [-0.2, -0.15) is 0 Å². The summed E-state index contributed by atoms with van der Waals surface area (Å²) in [6, 6.07) is 20.0. The van der Waals surface area contributed by atoms with E-state index in [2.05, 4.69) is 22.3 Å². The average Bonchev–Trinajstić information content (AvgIpc) is 2.83. The number of hydrogen-bond acceptors (Lipinski definition) is 5. The number of hydrogen-bond donors (Lipinski definition) is 2. The summed E-state index contributed by atoms with van der Waals surface area (Å²) in [7, 11) is 0. The first-order valence-electron chi connectivity index (χ1n) is 11.8. The summed E-state index contributed by atoms with van der Waals surface area (Å²) < 4.78 is 11.1. The van der Waals surface area contributed by atoms with Crippen molar-refractivity contribution in [1.29, 1.82) is 0 Å². The van der Waals surface area contributed by atoms with Crippen LogP contribution in [0.25, 0.3) is 0 Å². The van der Waals surface area contributed by atoms with Crippen molar-refractivity contribution >= 4 is 6.09 Å². The van der Waals surface area contributed by atoms with Gasteiger partial charge in [0.25, 0.3) is 0 Å². The predicted molar refractivity (Wildman–Crippen MR) is 129 cm³/mol. The monoisotopic (exact) mass is 441 g/mol. The smallest absolute Gasteiger partial charge is 0.407 e. The second-order valence-corrected chi connectivity index (χ2v) is 7.92. The second-order valence-electron chi connectivity index (χ2n) is 7.92. The number of carbonyl (C=O) groups excluding carboxylic acids is 1. The van der Waals surface area contributed by atoms with E-state index in [-0.39, 0.29) is 6.09 Å². The first kappa shape index (κ1) is 25.8. The first-order chi connectivity index (χ1) is 15.8. The van der Waals surface area contributed by atoms with Gasteiger partial charge in [-0.3, -0.25) is 0 Å². The van der Waals surface area contributed by atoms with E-state index in [0.717, 1.165) is 70.5 Å². The number of rotatable bonds is 17. The number of benzene rings is 2. The lowest BCUT2D eigenvalue weighted by Crippen LogP contribution is -2.31. The third kappa shape index (κ3) is 12.4. The molecule has 6 heteroatoms. The number of nitrogens with two attached hydrogens (primary N) is 1. The summed E-state index contributed by atoms with van der Waals surface area (Å²) in [6.45, 7) is 6.02. The number of unbranched alkanes of at least 4 members (excludes halogenated alkanes) is 3. The van der Waals surface area contributed by atoms with E-state index in [1.807, 2.05) is 48.5 Å². The van der Waals surface area contributed by atoms with Gasteiger partial charge in [0.15, 0.2) is 0 Å². The minimum atomic E-state index is -0.359. The molecule has 2 rings (SSSR count). The maximum Gasteiger partial charge on any atom is 0.407 e. The summed E-state index contributed by atoms with van der Waals surface area (Å²) in [4.78, 5) is 14.3. The van der Waals surface area contributed by atoms with E-state index in [9.17, 15) is 4.79 Å². The van der Waals surface area contributed by atoms with Crippen LogP contribution in [0.2, 0.25) is 0 Å². The molecule has 0 bridgehead atoms. The molecule has 32 heavy (non-hydrogen) atoms. The van der Waals surface area contributed by atoms with Gasteiger partial charge in [0.05, 0.1) is 13.2 Å². The summed E-state index contributed by atoms with van der Waals surface area (Å²) in [5.41, 5.74) is 7.80. The van der Waals surface area contributed by atoms with E-state index < -0.39 is 0 Å². The van der Waals surface area contributed by atoms with Gasteiger partial charge in [0.2, 0.25) is 0 Å². The average molecular weight is 442 g/mol. The van der Waals surface area contributed by atoms with E-state index >= 15 is 0 Å². The molecule has 0 atom stereocenters. The Kier molecular flexibility index (Phi) is 13.9. The van der Waals surface area contributed by atoms with E-state index in [0.29, 0.717) is 19.8 Å². The zero-order valence-corrected chi connectivity index (χ0v) is 19.2. The molecule has 0 spiro atoms. The lowest BCUT2D eigenvalue weighted by atomic mass is 10.2. The minimum absolute atomic E-state index is 0.298. The molecule has 0 saturated heterocycles. The Hall–Kier alpha value is -2.41. The molecule has 6 nitrogen and oxygen atoms in total. The molecule has 3 N–H and O–H groups in total. The molecule has 2 aromatic carbocycles. The molecule has 176 valence electrons. The Morgan fingerprint density at radius 2 is 1.41 bits per heavy atom. The van der Waals surface area contributed by atoms with Crippen LogP contribution in [-0.2, 0) is 22.7 Å². The fraction of sp³-hybridized carbons (Fsp3) is 0.500. The second kappa shape index (κ2) is 17.2. The molecule has 0 aliphatic heterocycles. The molecule has 0 heterocycles. The van der Waals surface area contributed by atoms with Gasteiger partial charge in [-0.1, -0.05) is 67.1 Å². The molecule has 0 fully saturated rings. The molecule has 0 radical (unpaired) electrons. The van der Waals surface area contributed by atoms with Crippen molar-refractivity contribution in [2.24, 2.45) is 5.73 Å². The maximum absolute atomic E-state index is 11.8. The molecule has 1 amide bonds. The number of ether oxygens (including phenoxy) is 2. The Labute approximate surface area is 193 Å². The molecule has 0 saturated carbocycles. The summed E-state index contributed by atoms with van der Waals surface area (Å²) in [5, 5.41) is 2.84. The van der Waals surface area contributed by atoms with Crippen LogP contribution in [-0.4, -0.2) is 50.3 Å². The van der Waals surface area contributed by atoms with Crippen molar-refractivity contribution < 1.29 is 14.3 Å². The van der Waals surface area contributed by atoms with Gasteiger partial charge < -0.3 is 25.4 Å². The highest BCUT2D eigenvalue weighted by Crippen LogP contribution is 2.04. The predicted octanol–water partition coefficient (Wildman–Crippen LogP) is 4.34. The number of nitrogens with zero attached hydrogens (tertiary/aromatic N) is 1. The lowest BCUT2D eigenvalue weighted by molar-refractivity contribution is 0.0912. The third-order valence-electron chi connectivity index (χ3n) is 5.23. The Morgan fingerprint density at radius 3 is 2.06 bits per heavy atom. The normalized spacial score (nSPS) is 10.9. The van der Waals surface area contributed by atoms with Gasteiger partial charge >= 0.3 is 6.09 Å². The van der Waals surface area contributed by atoms with Crippen molar-refractivity contribution in [3.05, 3.63) is 71.8 Å². The van der Waals surface area contributed by atoms with Crippen molar-refractivity contribution in [1.82, 2.24) is 10.2 Å². The number of alkyl carbamates (subject to hydrolysis) is 1. The first-order valence-corrected chi connectivity index (χ1v) is 11.8. The zero-order valence-electron chi connectivity index (χ0n) is 19.2. The van der Waals surface area contributed by atoms with Gasteiger partial charge in [0, 0.05) is 13.1 Å². The Bertz CT molecular complexity index is 713. The van der Waals surface area contributed by atoms with Gasteiger partial charge in [0.1, 0.15) is 6.61 Å². The fourth-order valence-electron chi connectivity index (χ4n) is 3.37. The van der Waals surface area contributed by atoms with Crippen LogP contribution >= 0.6 is 0 Å². The van der Waals surface area contributed by atoms with Crippen LogP contribution in [0.4, 0.5) is 4.79 Å². The van der Waals surface area contributed by atoms with Crippen molar-refractivity contribution in [3.8, 4) is 0 Å². The molecular weight excluding hydrogens is 402 g/mol. The van der Waals surface area contributed by atoms with Crippen LogP contribution < -0.4 is 11.1 Å². The highest BCUT2D eigenvalue weighted by Gasteiger charge is 2.06. The summed E-state index contributed by atoms with van der Waals surface area (Å²) in [5.74, 6) is 0. The van der Waals surface area contributed by atoms with E-state index in [4.69, 9.17) is 15.2 Å². The maximum atomic E-state index is 11.8. The molecular formula is C26H39N3O3. The number of carbonyl (C=O) groups is 1. The quantitative estimate of drug-likeness (QED) is 0.357. The van der Waals surface area contributed by atoms with Crippen molar-refractivity contribution in [2.75, 3.05) is 39.3 Å². The van der Waals surface area contributed by atoms with Gasteiger partial charge in [-0.25, -0.2) is 4.79 Å². The number of amides is 1. The summed E-state index contributed by atoms with van der Waals surface area (Å²) in [6.07, 6.45) is 4.97. The molecule has 0 unspecified atom stereocenters. The Balaban J connectivity index is 1.57. The van der Waals surface area contributed by atoms with Crippen molar-refractivity contribution in [2.45, 2.75) is 45.3 Å². The standard InChI is InChI=1S/C26H39N3O3/c27-16-8-3-10-18-29(20-21-31-22-24-12-4-1-5-13-24)19-11-9-17-28-26(30)32-23-25-14-6-2-7-15-25/h1-2,4-7,12-15H,3,8-11,16-23,27H2,(H,28,30). The topological polar surface area (TPSA) is 76.8 Å². The fourth-order valence-corrected chi connectivity index (χ4v) is 3.37. The van der Waals surface area contributed by atoms with Crippen molar-refractivity contribution in [3.63, 3.8) is 0 Å². The number of nitrogens with one attached hydrogen (secondary N) is 1. The molecule has 0 aromatic heterocycles. The van der Waals surface area contributed by atoms with Crippen LogP contribution in [0.5, 0.6) is 0 Å². The van der Waals surface area contributed by atoms with E-state index in [1.165, 1.54) is 5.56 Å². The van der Waals surface area contributed by atoms with Gasteiger partial charge in [-0.05, 0) is 56.4 Å². The largest absolute Gasteiger partial charge is 0.445 e. The summed E-state index contributed by atoms with van der Waals surface area (Å²) >= 11 is 0. The molecule has 2 aromatic rings. The van der Waals surface area contributed by atoms with Crippen LogP contribution in [0.1, 0.15) is 43.2 Å². The van der Waals surface area contributed by atoms with E-state index in [1.54, 1.807) is 0 Å². The highest BCUT2D eigenvalue weighted by atomic mass is 16.5. The SMILES string of the molecule is NCCCCCN(CCCCNC(=O)OCc1ccccc1)CCOCc1ccccc1. The van der Waals surface area contributed by atoms with Crippen LogP contribution in [0.3, 0.4) is 0 Å².